The smallest absolute Gasteiger partial charge is 0.221 e. The quantitative estimate of drug-likeness (QED) is 0.457. The Balaban J connectivity index is 1.63. The Morgan fingerprint density at radius 1 is 1.00 bits per heavy atom. The third-order valence-corrected chi connectivity index (χ3v) is 5.71. The highest BCUT2D eigenvalue weighted by molar-refractivity contribution is 7.19. The van der Waals surface area contributed by atoms with Crippen molar-refractivity contribution in [1.29, 1.82) is 0 Å². The van der Waals surface area contributed by atoms with Crippen LogP contribution >= 0.6 is 11.3 Å². The Labute approximate surface area is 180 Å². The van der Waals surface area contributed by atoms with Gasteiger partial charge in [0.1, 0.15) is 17.0 Å². The minimum atomic E-state index is -0.0598. The van der Waals surface area contributed by atoms with Gasteiger partial charge in [0, 0.05) is 43.4 Å². The summed E-state index contributed by atoms with van der Waals surface area (Å²) in [6.45, 7) is 7.23. The van der Waals surface area contributed by atoms with E-state index in [2.05, 4.69) is 64.0 Å². The first-order valence-corrected chi connectivity index (χ1v) is 10.8. The molecule has 0 atom stereocenters. The molecule has 0 radical (unpaired) electrons. The summed E-state index contributed by atoms with van der Waals surface area (Å²) in [6.07, 6.45) is 2.61. The third-order valence-electron chi connectivity index (χ3n) is 4.70. The molecule has 0 spiro atoms. The van der Waals surface area contributed by atoms with Crippen LogP contribution in [-0.2, 0) is 9.59 Å². The second-order valence-corrected chi connectivity index (χ2v) is 8.37. The Hall–Kier alpha value is -3.00. The van der Waals surface area contributed by atoms with Gasteiger partial charge >= 0.3 is 0 Å². The van der Waals surface area contributed by atoms with E-state index in [-0.39, 0.29) is 11.8 Å². The highest BCUT2D eigenvalue weighted by Gasteiger charge is 2.16. The average Bonchev–Trinajstić information content (AvgIpc) is 3.05. The number of thiophene rings is 1. The van der Waals surface area contributed by atoms with E-state index in [0.717, 1.165) is 27.2 Å². The average molecular weight is 426 g/mol. The van der Waals surface area contributed by atoms with Crippen LogP contribution < -0.4 is 16.0 Å². The van der Waals surface area contributed by atoms with E-state index in [1.165, 1.54) is 17.4 Å². The van der Waals surface area contributed by atoms with Crippen LogP contribution in [0.5, 0.6) is 0 Å². The molecule has 8 heteroatoms. The summed E-state index contributed by atoms with van der Waals surface area (Å²) in [5.74, 6) is 0.657. The summed E-state index contributed by atoms with van der Waals surface area (Å²) in [6, 6.07) is 8.45. The highest BCUT2D eigenvalue weighted by Crippen LogP contribution is 2.40. The fraction of sp³-hybridized carbons (Fsp3) is 0.364. The van der Waals surface area contributed by atoms with Crippen LogP contribution in [0.4, 0.5) is 5.82 Å². The number of amides is 2. The van der Waals surface area contributed by atoms with E-state index in [4.69, 9.17) is 0 Å². The molecule has 3 N–H and O–H groups in total. The number of carbonyl (C=O) groups excluding carboxylic acids is 2. The molecule has 7 nitrogen and oxygen atoms in total. The molecule has 1 aromatic carbocycles. The minimum absolute atomic E-state index is 0.0316. The van der Waals surface area contributed by atoms with Gasteiger partial charge in [-0.05, 0) is 25.8 Å². The number of aryl methyl sites for hydroxylation is 2. The van der Waals surface area contributed by atoms with Gasteiger partial charge in [-0.2, -0.15) is 0 Å². The largest absolute Gasteiger partial charge is 0.369 e. The number of aromatic nitrogens is 2. The van der Waals surface area contributed by atoms with Crippen LogP contribution in [0.2, 0.25) is 0 Å². The summed E-state index contributed by atoms with van der Waals surface area (Å²) in [7, 11) is 0. The molecule has 0 fully saturated rings. The van der Waals surface area contributed by atoms with Crippen molar-refractivity contribution in [1.82, 2.24) is 20.6 Å². The molecule has 0 bridgehead atoms. The number of nitrogens with one attached hydrogen (secondary N) is 3. The van der Waals surface area contributed by atoms with E-state index in [1.807, 2.05) is 0 Å². The molecule has 0 aliphatic rings. The normalized spacial score (nSPS) is 10.8. The highest BCUT2D eigenvalue weighted by atomic mass is 32.1. The first-order chi connectivity index (χ1) is 14.5. The van der Waals surface area contributed by atoms with E-state index >= 15 is 0 Å². The van der Waals surface area contributed by atoms with E-state index < -0.39 is 0 Å². The van der Waals surface area contributed by atoms with Crippen LogP contribution in [0, 0.1) is 13.8 Å². The molecule has 2 amide bonds. The van der Waals surface area contributed by atoms with Gasteiger partial charge in [0.25, 0.3) is 0 Å². The maximum Gasteiger partial charge on any atom is 0.221 e. The molecule has 0 saturated carbocycles. The zero-order chi connectivity index (χ0) is 21.5. The third kappa shape index (κ3) is 5.54. The van der Waals surface area contributed by atoms with Crippen molar-refractivity contribution in [3.05, 3.63) is 41.0 Å². The molecule has 0 unspecified atom stereocenters. The van der Waals surface area contributed by atoms with Crippen molar-refractivity contribution in [2.75, 3.05) is 25.0 Å². The Bertz CT molecular complexity index is 1030. The van der Waals surface area contributed by atoms with Gasteiger partial charge in [0.05, 0.1) is 5.39 Å². The number of fused-ring (bicyclic) bond motifs is 1. The topological polar surface area (TPSA) is 96.0 Å². The number of nitrogens with zero attached hydrogens (tertiary/aromatic N) is 2. The maximum atomic E-state index is 12.0. The Morgan fingerprint density at radius 3 is 2.47 bits per heavy atom. The summed E-state index contributed by atoms with van der Waals surface area (Å²) < 4.78 is 0. The van der Waals surface area contributed by atoms with Gasteiger partial charge in [0.2, 0.25) is 11.8 Å². The van der Waals surface area contributed by atoms with E-state index in [1.54, 1.807) is 17.7 Å². The summed E-state index contributed by atoms with van der Waals surface area (Å²) in [5, 5.41) is 9.88. The monoisotopic (exact) mass is 425 g/mol. The van der Waals surface area contributed by atoms with Gasteiger partial charge < -0.3 is 16.0 Å². The van der Waals surface area contributed by atoms with Crippen LogP contribution in [-0.4, -0.2) is 41.4 Å². The van der Waals surface area contributed by atoms with Crippen molar-refractivity contribution in [3.8, 4) is 11.1 Å². The van der Waals surface area contributed by atoms with Gasteiger partial charge in [-0.15, -0.1) is 11.3 Å². The molecule has 2 aromatic heterocycles. The van der Waals surface area contributed by atoms with Crippen molar-refractivity contribution >= 4 is 39.2 Å². The van der Waals surface area contributed by atoms with Gasteiger partial charge in [0.15, 0.2) is 0 Å². The molecule has 30 heavy (non-hydrogen) atoms. The van der Waals surface area contributed by atoms with Gasteiger partial charge in [-0.3, -0.25) is 9.59 Å². The van der Waals surface area contributed by atoms with Crippen LogP contribution in [0.3, 0.4) is 0 Å². The van der Waals surface area contributed by atoms with Crippen molar-refractivity contribution < 1.29 is 9.59 Å². The molecular weight excluding hydrogens is 398 g/mol. The Morgan fingerprint density at radius 2 is 1.73 bits per heavy atom. The summed E-state index contributed by atoms with van der Waals surface area (Å²) in [4.78, 5) is 33.9. The zero-order valence-corrected chi connectivity index (χ0v) is 18.4. The first-order valence-electron chi connectivity index (χ1n) is 10.0. The fourth-order valence-electron chi connectivity index (χ4n) is 3.21. The molecule has 0 aliphatic carbocycles. The number of hydrogen-bond donors (Lipinski definition) is 3. The number of benzene rings is 1. The van der Waals surface area contributed by atoms with E-state index in [0.29, 0.717) is 32.5 Å². The zero-order valence-electron chi connectivity index (χ0n) is 17.5. The lowest BCUT2D eigenvalue weighted by Gasteiger charge is -2.10. The van der Waals surface area contributed by atoms with Crippen molar-refractivity contribution in [2.24, 2.45) is 0 Å². The molecular formula is C22H27N5O2S. The second-order valence-electron chi connectivity index (χ2n) is 7.16. The number of carbonyl (C=O) groups is 2. The molecule has 3 rings (SSSR count). The number of anilines is 1. The van der Waals surface area contributed by atoms with Gasteiger partial charge in [-0.1, -0.05) is 29.8 Å². The number of hydrogen-bond acceptors (Lipinski definition) is 6. The second kappa shape index (κ2) is 10.2. The van der Waals surface area contributed by atoms with Crippen LogP contribution in [0.25, 0.3) is 21.3 Å². The molecule has 158 valence electrons. The lowest BCUT2D eigenvalue weighted by Crippen LogP contribution is -2.29. The fourth-order valence-corrected chi connectivity index (χ4v) is 4.22. The first kappa shape index (κ1) is 21.7. The van der Waals surface area contributed by atoms with Crippen LogP contribution in [0.15, 0.2) is 30.6 Å². The lowest BCUT2D eigenvalue weighted by atomic mass is 10.0. The minimum Gasteiger partial charge on any atom is -0.369 e. The molecule has 0 saturated heterocycles. The van der Waals surface area contributed by atoms with Gasteiger partial charge in [-0.25, -0.2) is 9.97 Å². The van der Waals surface area contributed by atoms with Crippen LogP contribution in [0.1, 0.15) is 30.2 Å². The predicted molar refractivity (Wildman–Crippen MR) is 122 cm³/mol. The lowest BCUT2D eigenvalue weighted by molar-refractivity contribution is -0.120. The molecule has 2 heterocycles. The number of rotatable bonds is 9. The van der Waals surface area contributed by atoms with Crippen molar-refractivity contribution in [3.63, 3.8) is 0 Å². The predicted octanol–water partition coefficient (Wildman–Crippen LogP) is 3.42. The van der Waals surface area contributed by atoms with Crippen molar-refractivity contribution in [2.45, 2.75) is 33.6 Å². The summed E-state index contributed by atoms with van der Waals surface area (Å²) >= 11 is 1.65. The SMILES string of the molecule is CC(=O)NCCCNC(=O)CCNc1ncnc2sc(C)c(-c3ccc(C)cc3)c12. The maximum absolute atomic E-state index is 12.0. The Kier molecular flexibility index (Phi) is 7.35. The molecule has 0 aliphatic heterocycles. The molecule has 3 aromatic rings. The summed E-state index contributed by atoms with van der Waals surface area (Å²) in [5.41, 5.74) is 3.49. The van der Waals surface area contributed by atoms with E-state index in [9.17, 15) is 9.59 Å². The standard InChI is InChI=1S/C22H27N5O2S/c1-14-5-7-17(8-6-14)19-15(2)30-22-20(19)21(26-13-27-22)25-12-9-18(29)24-11-4-10-23-16(3)28/h5-8,13H,4,9-12H2,1-3H3,(H,23,28)(H,24,29)(H,25,26,27).